The first-order chi connectivity index (χ1) is 8.18. The molecule has 2 aliphatic rings. The Morgan fingerprint density at radius 2 is 1.65 bits per heavy atom. The van der Waals surface area contributed by atoms with E-state index < -0.39 is 0 Å². The lowest BCUT2D eigenvalue weighted by Gasteiger charge is -2.26. The average Bonchev–Trinajstić information content (AvgIpc) is 2.87. The second-order valence-electron chi connectivity index (χ2n) is 5.28. The molecule has 0 aromatic heterocycles. The van der Waals surface area contributed by atoms with E-state index in [4.69, 9.17) is 0 Å². The SMILES string of the molecule is CC.Cc1ccc2c(c1)C1CCC2N1C(C)C. The molecule has 1 saturated heterocycles. The molecule has 2 atom stereocenters. The van der Waals surface area contributed by atoms with Gasteiger partial charge in [0.25, 0.3) is 0 Å². The van der Waals surface area contributed by atoms with Crippen LogP contribution >= 0.6 is 0 Å². The summed E-state index contributed by atoms with van der Waals surface area (Å²) in [5, 5.41) is 0. The number of hydrogen-bond donors (Lipinski definition) is 0. The van der Waals surface area contributed by atoms with Crippen LogP contribution in [0.3, 0.4) is 0 Å². The number of nitrogens with zero attached hydrogens (tertiary/aromatic N) is 1. The summed E-state index contributed by atoms with van der Waals surface area (Å²) in [7, 11) is 0. The molecule has 2 unspecified atom stereocenters. The molecule has 1 heteroatoms. The standard InChI is InChI=1S/C14H19N.C2H6/c1-9(2)15-13-6-7-14(15)12-8-10(3)4-5-11(12)13;1-2/h4-5,8-9,13-14H,6-7H2,1-3H3;1-2H3. The van der Waals surface area contributed by atoms with E-state index >= 15 is 0 Å². The highest BCUT2D eigenvalue weighted by Gasteiger charge is 2.44. The molecule has 0 spiro atoms. The Bertz CT molecular complexity index is 395. The van der Waals surface area contributed by atoms with Crippen LogP contribution in [0.15, 0.2) is 18.2 Å². The van der Waals surface area contributed by atoms with E-state index in [2.05, 4.69) is 43.9 Å². The van der Waals surface area contributed by atoms with Gasteiger partial charge >= 0.3 is 0 Å². The Kier molecular flexibility index (Phi) is 3.58. The maximum atomic E-state index is 2.70. The van der Waals surface area contributed by atoms with Crippen LogP contribution in [0.2, 0.25) is 0 Å². The second kappa shape index (κ2) is 4.81. The fraction of sp³-hybridized carbons (Fsp3) is 0.625. The number of aryl methyl sites for hydroxylation is 1. The van der Waals surface area contributed by atoms with Crippen molar-refractivity contribution in [1.82, 2.24) is 4.90 Å². The third kappa shape index (κ3) is 1.91. The summed E-state index contributed by atoms with van der Waals surface area (Å²) in [5.41, 5.74) is 4.62. The van der Waals surface area contributed by atoms with Crippen molar-refractivity contribution in [1.29, 1.82) is 0 Å². The highest BCUT2D eigenvalue weighted by atomic mass is 15.3. The zero-order valence-electron chi connectivity index (χ0n) is 11.8. The molecule has 2 heterocycles. The summed E-state index contributed by atoms with van der Waals surface area (Å²) in [6.45, 7) is 10.8. The van der Waals surface area contributed by atoms with Gasteiger partial charge in [0.1, 0.15) is 0 Å². The summed E-state index contributed by atoms with van der Waals surface area (Å²) in [4.78, 5) is 2.70. The van der Waals surface area contributed by atoms with E-state index in [0.717, 1.165) is 0 Å². The maximum Gasteiger partial charge on any atom is 0.0361 e. The molecule has 0 saturated carbocycles. The van der Waals surface area contributed by atoms with Crippen molar-refractivity contribution in [2.75, 3.05) is 0 Å². The molecular weight excluding hydrogens is 206 g/mol. The van der Waals surface area contributed by atoms with Crippen molar-refractivity contribution in [3.63, 3.8) is 0 Å². The van der Waals surface area contributed by atoms with Crippen LogP contribution in [-0.2, 0) is 0 Å². The van der Waals surface area contributed by atoms with Gasteiger partial charge in [0.15, 0.2) is 0 Å². The second-order valence-corrected chi connectivity index (χ2v) is 5.28. The van der Waals surface area contributed by atoms with Gasteiger partial charge < -0.3 is 0 Å². The van der Waals surface area contributed by atoms with E-state index in [1.165, 1.54) is 18.4 Å². The summed E-state index contributed by atoms with van der Waals surface area (Å²) >= 11 is 0. The van der Waals surface area contributed by atoms with Gasteiger partial charge in [0.05, 0.1) is 0 Å². The third-order valence-corrected chi connectivity index (χ3v) is 3.99. The molecule has 3 rings (SSSR count). The molecular formula is C16H25N. The Labute approximate surface area is 106 Å². The fourth-order valence-electron chi connectivity index (χ4n) is 3.47. The number of benzene rings is 1. The number of hydrogen-bond acceptors (Lipinski definition) is 1. The number of rotatable bonds is 1. The number of fused-ring (bicyclic) bond motifs is 5. The largest absolute Gasteiger partial charge is 0.287 e. The van der Waals surface area contributed by atoms with Crippen LogP contribution in [-0.4, -0.2) is 10.9 Å². The minimum absolute atomic E-state index is 0.676. The normalized spacial score (nSPS) is 25.8. The van der Waals surface area contributed by atoms with Gasteiger partial charge in [-0.15, -0.1) is 0 Å². The Morgan fingerprint density at radius 3 is 2.24 bits per heavy atom. The minimum atomic E-state index is 0.676. The van der Waals surface area contributed by atoms with Gasteiger partial charge in [0, 0.05) is 18.1 Å². The molecule has 17 heavy (non-hydrogen) atoms. The molecule has 1 fully saturated rings. The van der Waals surface area contributed by atoms with Crippen molar-refractivity contribution in [3.8, 4) is 0 Å². The van der Waals surface area contributed by atoms with E-state index in [-0.39, 0.29) is 0 Å². The van der Waals surface area contributed by atoms with Crippen molar-refractivity contribution in [2.24, 2.45) is 0 Å². The molecule has 0 amide bonds. The van der Waals surface area contributed by atoms with Gasteiger partial charge in [-0.1, -0.05) is 37.6 Å². The summed E-state index contributed by atoms with van der Waals surface area (Å²) in [6, 6.07) is 9.11. The Morgan fingerprint density at radius 1 is 1.06 bits per heavy atom. The summed E-state index contributed by atoms with van der Waals surface area (Å²) in [5.74, 6) is 0. The smallest absolute Gasteiger partial charge is 0.0361 e. The fourth-order valence-corrected chi connectivity index (χ4v) is 3.47. The van der Waals surface area contributed by atoms with Crippen molar-refractivity contribution < 1.29 is 0 Å². The molecule has 2 aliphatic heterocycles. The van der Waals surface area contributed by atoms with Crippen LogP contribution in [0.5, 0.6) is 0 Å². The predicted molar refractivity (Wildman–Crippen MR) is 74.2 cm³/mol. The van der Waals surface area contributed by atoms with Crippen LogP contribution in [0.25, 0.3) is 0 Å². The Hall–Kier alpha value is -0.820. The summed E-state index contributed by atoms with van der Waals surface area (Å²) in [6.07, 6.45) is 2.72. The van der Waals surface area contributed by atoms with E-state index in [1.54, 1.807) is 11.1 Å². The van der Waals surface area contributed by atoms with Crippen LogP contribution in [0, 0.1) is 6.92 Å². The van der Waals surface area contributed by atoms with Crippen molar-refractivity contribution in [2.45, 2.75) is 65.6 Å². The van der Waals surface area contributed by atoms with Gasteiger partial charge in [-0.25, -0.2) is 0 Å². The topological polar surface area (TPSA) is 3.24 Å². The molecule has 1 nitrogen and oxygen atoms in total. The lowest BCUT2D eigenvalue weighted by atomic mass is 9.91. The lowest BCUT2D eigenvalue weighted by molar-refractivity contribution is 0.174. The van der Waals surface area contributed by atoms with Crippen LogP contribution < -0.4 is 0 Å². The van der Waals surface area contributed by atoms with Gasteiger partial charge in [-0.05, 0) is 44.7 Å². The maximum absolute atomic E-state index is 2.70. The molecule has 1 aromatic rings. The van der Waals surface area contributed by atoms with E-state index in [0.29, 0.717) is 18.1 Å². The van der Waals surface area contributed by atoms with Gasteiger partial charge in [-0.3, -0.25) is 4.90 Å². The first-order valence-electron chi connectivity index (χ1n) is 7.06. The van der Waals surface area contributed by atoms with E-state index in [9.17, 15) is 0 Å². The molecule has 0 radical (unpaired) electrons. The zero-order valence-corrected chi connectivity index (χ0v) is 11.8. The highest BCUT2D eigenvalue weighted by molar-refractivity contribution is 5.42. The molecule has 2 bridgehead atoms. The first kappa shape index (κ1) is 12.6. The van der Waals surface area contributed by atoms with Crippen LogP contribution in [0.4, 0.5) is 0 Å². The quantitative estimate of drug-likeness (QED) is 0.681. The molecule has 1 aromatic carbocycles. The lowest BCUT2D eigenvalue weighted by Crippen LogP contribution is -2.27. The summed E-state index contributed by atoms with van der Waals surface area (Å²) < 4.78 is 0. The van der Waals surface area contributed by atoms with Crippen LogP contribution in [0.1, 0.15) is 69.3 Å². The highest BCUT2D eigenvalue weighted by Crippen LogP contribution is 2.53. The Balaban J connectivity index is 0.000000514. The van der Waals surface area contributed by atoms with E-state index in [1.807, 2.05) is 13.8 Å². The van der Waals surface area contributed by atoms with Crippen molar-refractivity contribution in [3.05, 3.63) is 34.9 Å². The zero-order chi connectivity index (χ0) is 12.6. The third-order valence-electron chi connectivity index (χ3n) is 3.99. The molecule has 94 valence electrons. The molecule has 0 aliphatic carbocycles. The van der Waals surface area contributed by atoms with Gasteiger partial charge in [0.2, 0.25) is 0 Å². The monoisotopic (exact) mass is 231 g/mol. The minimum Gasteiger partial charge on any atom is -0.287 e. The van der Waals surface area contributed by atoms with Gasteiger partial charge in [-0.2, -0.15) is 0 Å². The predicted octanol–water partition coefficient (Wildman–Crippen LogP) is 4.62. The average molecular weight is 231 g/mol. The van der Waals surface area contributed by atoms with Crippen molar-refractivity contribution >= 4 is 0 Å². The first-order valence-corrected chi connectivity index (χ1v) is 7.06. The molecule has 0 N–H and O–H groups in total.